The van der Waals surface area contributed by atoms with Crippen LogP contribution in [0.3, 0.4) is 0 Å². The molecule has 2 heterocycles. The van der Waals surface area contributed by atoms with Crippen molar-refractivity contribution in [2.45, 2.75) is 39.7 Å². The van der Waals surface area contributed by atoms with Crippen LogP contribution in [-0.4, -0.2) is 30.2 Å². The molecule has 1 aliphatic heterocycles. The van der Waals surface area contributed by atoms with E-state index in [1.807, 2.05) is 6.92 Å². The van der Waals surface area contributed by atoms with Gasteiger partial charge in [-0.2, -0.15) is 0 Å². The van der Waals surface area contributed by atoms with E-state index in [1.165, 1.54) is 12.8 Å². The average molecular weight is 251 g/mol. The Balaban J connectivity index is 1.91. The van der Waals surface area contributed by atoms with Gasteiger partial charge in [-0.25, -0.2) is 0 Å². The Hall–Kier alpha value is -1.36. The molecular formula is C13H21N3O2. The van der Waals surface area contributed by atoms with E-state index in [-0.39, 0.29) is 11.3 Å². The molecule has 0 aliphatic carbocycles. The minimum atomic E-state index is -0.187. The van der Waals surface area contributed by atoms with Gasteiger partial charge in [-0.3, -0.25) is 4.79 Å². The van der Waals surface area contributed by atoms with Gasteiger partial charge < -0.3 is 15.2 Å². The molecular weight excluding hydrogens is 230 g/mol. The van der Waals surface area contributed by atoms with Gasteiger partial charge in [0.15, 0.2) is 0 Å². The fourth-order valence-electron chi connectivity index (χ4n) is 2.40. The number of nitrogens with one attached hydrogen (secondary N) is 2. The first-order valence-corrected chi connectivity index (χ1v) is 6.43. The first kappa shape index (κ1) is 13.1. The average Bonchev–Trinajstić information content (AvgIpc) is 2.73. The summed E-state index contributed by atoms with van der Waals surface area (Å²) in [4.78, 5) is 11.9. The summed E-state index contributed by atoms with van der Waals surface area (Å²) in [6, 6.07) is 0.304. The molecule has 0 bridgehead atoms. The number of aryl methyl sites for hydroxylation is 1. The van der Waals surface area contributed by atoms with Crippen LogP contribution < -0.4 is 10.6 Å². The highest BCUT2D eigenvalue weighted by molar-refractivity contribution is 5.92. The van der Waals surface area contributed by atoms with Gasteiger partial charge in [0.1, 0.15) is 0 Å². The van der Waals surface area contributed by atoms with Crippen LogP contribution in [0, 0.1) is 12.3 Å². The van der Waals surface area contributed by atoms with Crippen molar-refractivity contribution in [2.75, 3.05) is 13.1 Å². The van der Waals surface area contributed by atoms with Crippen molar-refractivity contribution in [1.29, 1.82) is 0 Å². The quantitative estimate of drug-likeness (QED) is 0.854. The summed E-state index contributed by atoms with van der Waals surface area (Å²) in [5.74, 6) is 0.122. The monoisotopic (exact) mass is 251 g/mol. The smallest absolute Gasteiger partial charge is 0.290 e. The van der Waals surface area contributed by atoms with Crippen molar-refractivity contribution in [1.82, 2.24) is 15.8 Å². The number of rotatable bonds is 3. The minimum absolute atomic E-state index is 0.187. The van der Waals surface area contributed by atoms with E-state index in [9.17, 15) is 4.79 Å². The second kappa shape index (κ2) is 5.10. The van der Waals surface area contributed by atoms with E-state index in [0.29, 0.717) is 18.3 Å². The standard InChI is InChI=1S/C13H21N3O2/c1-9-7-16-18-11(9)12(17)15-8-10-13(2,3)5-4-6-14-10/h7,10,14H,4-6,8H2,1-3H3,(H,15,17). The normalized spacial score (nSPS) is 22.7. The van der Waals surface area contributed by atoms with Crippen molar-refractivity contribution in [2.24, 2.45) is 5.41 Å². The van der Waals surface area contributed by atoms with Crippen LogP contribution in [0.15, 0.2) is 10.7 Å². The molecule has 5 nitrogen and oxygen atoms in total. The summed E-state index contributed by atoms with van der Waals surface area (Å²) < 4.78 is 4.94. The van der Waals surface area contributed by atoms with Gasteiger partial charge >= 0.3 is 0 Å². The number of piperidine rings is 1. The van der Waals surface area contributed by atoms with Gasteiger partial charge in [-0.1, -0.05) is 19.0 Å². The Kier molecular flexibility index (Phi) is 3.71. The Labute approximate surface area is 107 Å². The molecule has 100 valence electrons. The molecule has 0 radical (unpaired) electrons. The van der Waals surface area contributed by atoms with Crippen LogP contribution in [0.2, 0.25) is 0 Å². The van der Waals surface area contributed by atoms with Gasteiger partial charge in [0.25, 0.3) is 5.91 Å². The molecule has 1 aromatic rings. The van der Waals surface area contributed by atoms with E-state index in [2.05, 4.69) is 29.6 Å². The lowest BCUT2D eigenvalue weighted by Gasteiger charge is -2.39. The van der Waals surface area contributed by atoms with E-state index in [0.717, 1.165) is 12.1 Å². The number of hydrogen-bond acceptors (Lipinski definition) is 4. The van der Waals surface area contributed by atoms with Crippen molar-refractivity contribution >= 4 is 5.91 Å². The highest BCUT2D eigenvalue weighted by Gasteiger charge is 2.32. The summed E-state index contributed by atoms with van der Waals surface area (Å²) >= 11 is 0. The largest absolute Gasteiger partial charge is 0.351 e. The summed E-state index contributed by atoms with van der Waals surface area (Å²) in [5, 5.41) is 9.99. The highest BCUT2D eigenvalue weighted by atomic mass is 16.5. The van der Waals surface area contributed by atoms with Gasteiger partial charge in [0, 0.05) is 18.2 Å². The molecule has 1 atom stereocenters. The molecule has 0 spiro atoms. The maximum atomic E-state index is 11.9. The number of aromatic nitrogens is 1. The fourth-order valence-corrected chi connectivity index (χ4v) is 2.40. The third kappa shape index (κ3) is 2.72. The van der Waals surface area contributed by atoms with Crippen LogP contribution in [0.1, 0.15) is 42.8 Å². The Morgan fingerprint density at radius 2 is 2.44 bits per heavy atom. The van der Waals surface area contributed by atoms with Crippen LogP contribution >= 0.6 is 0 Å². The predicted molar refractivity (Wildman–Crippen MR) is 68.4 cm³/mol. The lowest BCUT2D eigenvalue weighted by Crippen LogP contribution is -2.52. The molecule has 2 rings (SSSR count). The van der Waals surface area contributed by atoms with E-state index in [4.69, 9.17) is 4.52 Å². The topological polar surface area (TPSA) is 67.2 Å². The molecule has 18 heavy (non-hydrogen) atoms. The Bertz CT molecular complexity index is 426. The second-order valence-electron chi connectivity index (χ2n) is 5.65. The lowest BCUT2D eigenvalue weighted by atomic mass is 9.77. The zero-order valence-corrected chi connectivity index (χ0v) is 11.2. The molecule has 2 N–H and O–H groups in total. The maximum Gasteiger partial charge on any atom is 0.290 e. The summed E-state index contributed by atoms with van der Waals surface area (Å²) in [6.45, 7) is 7.91. The van der Waals surface area contributed by atoms with Gasteiger partial charge in [-0.15, -0.1) is 0 Å². The van der Waals surface area contributed by atoms with Gasteiger partial charge in [0.2, 0.25) is 5.76 Å². The molecule has 0 aromatic carbocycles. The molecule has 1 amide bonds. The zero-order valence-electron chi connectivity index (χ0n) is 11.2. The third-order valence-corrected chi connectivity index (χ3v) is 3.75. The molecule has 1 saturated heterocycles. The first-order valence-electron chi connectivity index (χ1n) is 6.43. The lowest BCUT2D eigenvalue weighted by molar-refractivity contribution is 0.0891. The van der Waals surface area contributed by atoms with Crippen molar-refractivity contribution in [3.8, 4) is 0 Å². The fraction of sp³-hybridized carbons (Fsp3) is 0.692. The summed E-state index contributed by atoms with van der Waals surface area (Å²) in [7, 11) is 0. The third-order valence-electron chi connectivity index (χ3n) is 3.75. The van der Waals surface area contributed by atoms with Gasteiger partial charge in [0.05, 0.1) is 6.20 Å². The SMILES string of the molecule is Cc1cnoc1C(=O)NCC1NCCCC1(C)C. The van der Waals surface area contributed by atoms with Crippen LogP contribution in [0.4, 0.5) is 0 Å². The van der Waals surface area contributed by atoms with Gasteiger partial charge in [-0.05, 0) is 31.7 Å². The second-order valence-corrected chi connectivity index (χ2v) is 5.65. The summed E-state index contributed by atoms with van der Waals surface area (Å²) in [5.41, 5.74) is 0.977. The molecule has 1 fully saturated rings. The maximum absolute atomic E-state index is 11.9. The predicted octanol–water partition coefficient (Wildman–Crippen LogP) is 1.49. The number of amides is 1. The van der Waals surface area contributed by atoms with Crippen LogP contribution in [0.5, 0.6) is 0 Å². The van der Waals surface area contributed by atoms with Crippen LogP contribution in [-0.2, 0) is 0 Å². The molecule has 1 unspecified atom stereocenters. The highest BCUT2D eigenvalue weighted by Crippen LogP contribution is 2.29. The van der Waals surface area contributed by atoms with E-state index in [1.54, 1.807) is 6.20 Å². The van der Waals surface area contributed by atoms with E-state index >= 15 is 0 Å². The Morgan fingerprint density at radius 1 is 1.67 bits per heavy atom. The van der Waals surface area contributed by atoms with E-state index < -0.39 is 0 Å². The van der Waals surface area contributed by atoms with Crippen molar-refractivity contribution in [3.63, 3.8) is 0 Å². The van der Waals surface area contributed by atoms with Crippen molar-refractivity contribution in [3.05, 3.63) is 17.5 Å². The molecule has 0 saturated carbocycles. The number of carbonyl (C=O) groups excluding carboxylic acids is 1. The number of nitrogens with zero attached hydrogens (tertiary/aromatic N) is 1. The molecule has 1 aromatic heterocycles. The minimum Gasteiger partial charge on any atom is -0.351 e. The molecule has 5 heteroatoms. The number of carbonyl (C=O) groups is 1. The summed E-state index contributed by atoms with van der Waals surface area (Å²) in [6.07, 6.45) is 3.93. The number of hydrogen-bond donors (Lipinski definition) is 2. The first-order chi connectivity index (χ1) is 8.50. The van der Waals surface area contributed by atoms with Crippen LogP contribution in [0.25, 0.3) is 0 Å². The van der Waals surface area contributed by atoms with Crippen molar-refractivity contribution < 1.29 is 9.32 Å². The Morgan fingerprint density at radius 3 is 3.06 bits per heavy atom. The molecule has 1 aliphatic rings. The zero-order chi connectivity index (χ0) is 13.2.